The van der Waals surface area contributed by atoms with Gasteiger partial charge in [0.25, 0.3) is 0 Å². The number of ether oxygens (including phenoxy) is 1. The van der Waals surface area contributed by atoms with Crippen LogP contribution in [0, 0.1) is 12.3 Å². The maximum Gasteiger partial charge on any atom is 0.326 e. The van der Waals surface area contributed by atoms with E-state index >= 15 is 0 Å². The Balaban J connectivity index is 1.40. The minimum atomic E-state index is -1.03. The molecule has 0 fully saturated rings. The molecule has 1 amide bonds. The highest BCUT2D eigenvalue weighted by atomic mass is 16.5. The number of amides is 1. The van der Waals surface area contributed by atoms with E-state index in [0.717, 1.165) is 16.8 Å². The van der Waals surface area contributed by atoms with Crippen LogP contribution < -0.4 is 15.0 Å². The van der Waals surface area contributed by atoms with Crippen LogP contribution in [-0.2, 0) is 16.0 Å². The van der Waals surface area contributed by atoms with Gasteiger partial charge in [-0.05, 0) is 54.4 Å². The molecule has 4 rings (SSSR count). The standard InChI is InChI=1S/C36H38N2O5/c1-25-11-10-14-28(23-25)38(35(42)36(2,3)4)21-22-43-29-19-17-26(18-20-29)24-32(34(40)41)37-31-16-9-8-15-30(31)33(39)27-12-6-5-7-13-27/h5-20,23,32,37H,21-22,24H2,1-4H3,(H,40,41). The average Bonchev–Trinajstić information content (AvgIpc) is 2.99. The van der Waals surface area contributed by atoms with Crippen molar-refractivity contribution in [2.45, 2.75) is 40.2 Å². The molecule has 0 aromatic heterocycles. The molecule has 43 heavy (non-hydrogen) atoms. The second-order valence-corrected chi connectivity index (χ2v) is 11.5. The van der Waals surface area contributed by atoms with Gasteiger partial charge in [-0.2, -0.15) is 0 Å². The van der Waals surface area contributed by atoms with Crippen molar-refractivity contribution >= 4 is 29.0 Å². The summed E-state index contributed by atoms with van der Waals surface area (Å²) in [7, 11) is 0. The smallest absolute Gasteiger partial charge is 0.326 e. The summed E-state index contributed by atoms with van der Waals surface area (Å²) in [6.07, 6.45) is 0.199. The topological polar surface area (TPSA) is 95.9 Å². The molecule has 0 aliphatic carbocycles. The molecular formula is C36H38N2O5. The molecule has 1 atom stereocenters. The fraction of sp³-hybridized carbons (Fsp3) is 0.250. The number of rotatable bonds is 12. The quantitative estimate of drug-likeness (QED) is 0.180. The Hall–Kier alpha value is -4.91. The molecule has 0 heterocycles. The van der Waals surface area contributed by atoms with Gasteiger partial charge < -0.3 is 20.1 Å². The number of anilines is 2. The minimum Gasteiger partial charge on any atom is -0.492 e. The van der Waals surface area contributed by atoms with Gasteiger partial charge in [-0.3, -0.25) is 9.59 Å². The van der Waals surface area contributed by atoms with Crippen LogP contribution in [0.4, 0.5) is 11.4 Å². The lowest BCUT2D eigenvalue weighted by Crippen LogP contribution is -2.42. The van der Waals surface area contributed by atoms with E-state index < -0.39 is 17.4 Å². The first-order valence-corrected chi connectivity index (χ1v) is 14.3. The molecule has 7 heteroatoms. The number of hydrogen-bond donors (Lipinski definition) is 2. The summed E-state index contributed by atoms with van der Waals surface area (Å²) in [5.41, 5.74) is 3.56. The molecule has 4 aromatic rings. The molecule has 1 unspecified atom stereocenters. The summed E-state index contributed by atoms with van der Waals surface area (Å²) in [5, 5.41) is 13.0. The number of hydrogen-bond acceptors (Lipinski definition) is 5. The van der Waals surface area contributed by atoms with Gasteiger partial charge in [-0.25, -0.2) is 4.79 Å². The Morgan fingerprint density at radius 3 is 2.19 bits per heavy atom. The molecule has 0 aliphatic heterocycles. The van der Waals surface area contributed by atoms with Gasteiger partial charge in [-0.15, -0.1) is 0 Å². The van der Waals surface area contributed by atoms with Crippen LogP contribution in [0.25, 0.3) is 0 Å². The highest BCUT2D eigenvalue weighted by Crippen LogP contribution is 2.25. The lowest BCUT2D eigenvalue weighted by molar-refractivity contribution is -0.137. The molecular weight excluding hydrogens is 540 g/mol. The van der Waals surface area contributed by atoms with E-state index in [9.17, 15) is 19.5 Å². The molecule has 0 saturated carbocycles. The number of carbonyl (C=O) groups excluding carboxylic acids is 2. The van der Waals surface area contributed by atoms with Crippen LogP contribution in [0.2, 0.25) is 0 Å². The maximum atomic E-state index is 13.2. The molecule has 0 saturated heterocycles. The van der Waals surface area contributed by atoms with Crippen molar-refractivity contribution in [2.75, 3.05) is 23.4 Å². The number of carboxylic acids is 1. The van der Waals surface area contributed by atoms with Gasteiger partial charge >= 0.3 is 5.97 Å². The van der Waals surface area contributed by atoms with Gasteiger partial charge in [0.2, 0.25) is 5.91 Å². The van der Waals surface area contributed by atoms with Crippen LogP contribution in [0.15, 0.2) is 103 Å². The number of para-hydroxylation sites is 1. The predicted molar refractivity (Wildman–Crippen MR) is 170 cm³/mol. The maximum absolute atomic E-state index is 13.2. The lowest BCUT2D eigenvalue weighted by atomic mass is 9.94. The first-order chi connectivity index (χ1) is 20.5. The SMILES string of the molecule is Cc1cccc(N(CCOc2ccc(CC(Nc3ccccc3C(=O)c3ccccc3)C(=O)O)cc2)C(=O)C(C)(C)C)c1. The first-order valence-electron chi connectivity index (χ1n) is 14.3. The number of nitrogens with zero attached hydrogens (tertiary/aromatic N) is 1. The Morgan fingerprint density at radius 1 is 0.860 bits per heavy atom. The predicted octanol–water partition coefficient (Wildman–Crippen LogP) is 6.79. The summed E-state index contributed by atoms with van der Waals surface area (Å²) >= 11 is 0. The van der Waals surface area contributed by atoms with E-state index in [1.807, 2.05) is 70.2 Å². The Bertz CT molecular complexity index is 1560. The van der Waals surface area contributed by atoms with Gasteiger partial charge in [0.05, 0.1) is 6.54 Å². The van der Waals surface area contributed by atoms with Crippen LogP contribution >= 0.6 is 0 Å². The van der Waals surface area contributed by atoms with Crippen molar-refractivity contribution in [3.63, 3.8) is 0 Å². The Kier molecular flexibility index (Phi) is 9.99. The van der Waals surface area contributed by atoms with E-state index in [-0.39, 0.29) is 18.1 Å². The van der Waals surface area contributed by atoms with Gasteiger partial charge in [0, 0.05) is 34.3 Å². The van der Waals surface area contributed by atoms with Crippen LogP contribution in [0.3, 0.4) is 0 Å². The Morgan fingerprint density at radius 2 is 1.53 bits per heavy atom. The number of nitrogens with one attached hydrogen (secondary N) is 1. The molecule has 222 valence electrons. The third-order valence-corrected chi connectivity index (χ3v) is 6.98. The Labute approximate surface area is 253 Å². The second kappa shape index (κ2) is 13.8. The van der Waals surface area contributed by atoms with Crippen LogP contribution in [0.5, 0.6) is 5.75 Å². The van der Waals surface area contributed by atoms with E-state index in [1.165, 1.54) is 0 Å². The zero-order valence-corrected chi connectivity index (χ0v) is 25.0. The van der Waals surface area contributed by atoms with Crippen LogP contribution in [-0.4, -0.2) is 42.0 Å². The number of carbonyl (C=O) groups is 3. The second-order valence-electron chi connectivity index (χ2n) is 11.5. The van der Waals surface area contributed by atoms with E-state index in [0.29, 0.717) is 35.7 Å². The molecule has 0 bridgehead atoms. The monoisotopic (exact) mass is 578 g/mol. The number of aliphatic carboxylic acids is 1. The van der Waals surface area contributed by atoms with Crippen molar-refractivity contribution in [3.8, 4) is 5.75 Å². The average molecular weight is 579 g/mol. The zero-order chi connectivity index (χ0) is 31.0. The minimum absolute atomic E-state index is 0.0105. The highest BCUT2D eigenvalue weighted by Gasteiger charge is 2.28. The normalized spacial score (nSPS) is 11.8. The number of ketones is 1. The van der Waals surface area contributed by atoms with Crippen molar-refractivity contribution in [3.05, 3.63) is 125 Å². The molecule has 7 nitrogen and oxygen atoms in total. The molecule has 0 radical (unpaired) electrons. The van der Waals surface area contributed by atoms with Gasteiger partial charge in [0.1, 0.15) is 18.4 Å². The van der Waals surface area contributed by atoms with Gasteiger partial charge in [-0.1, -0.05) is 87.5 Å². The van der Waals surface area contributed by atoms with E-state index in [1.54, 1.807) is 65.6 Å². The number of benzene rings is 4. The lowest BCUT2D eigenvalue weighted by Gasteiger charge is -2.30. The fourth-order valence-electron chi connectivity index (χ4n) is 4.70. The molecule has 4 aromatic carbocycles. The van der Waals surface area contributed by atoms with Crippen molar-refractivity contribution < 1.29 is 24.2 Å². The largest absolute Gasteiger partial charge is 0.492 e. The summed E-state index contributed by atoms with van der Waals surface area (Å²) in [4.78, 5) is 40.2. The van der Waals surface area contributed by atoms with Crippen molar-refractivity contribution in [2.24, 2.45) is 5.41 Å². The number of aryl methyl sites for hydroxylation is 1. The third-order valence-electron chi connectivity index (χ3n) is 6.98. The first kappa shape index (κ1) is 31.0. The van der Waals surface area contributed by atoms with Crippen molar-refractivity contribution in [1.82, 2.24) is 0 Å². The molecule has 2 N–H and O–H groups in total. The van der Waals surface area contributed by atoms with Crippen molar-refractivity contribution in [1.29, 1.82) is 0 Å². The molecule has 0 aliphatic rings. The van der Waals surface area contributed by atoms with E-state index in [4.69, 9.17) is 4.74 Å². The third kappa shape index (κ3) is 8.32. The zero-order valence-electron chi connectivity index (χ0n) is 25.0. The molecule has 0 spiro atoms. The highest BCUT2D eigenvalue weighted by molar-refractivity contribution is 6.12. The van der Waals surface area contributed by atoms with Gasteiger partial charge in [0.15, 0.2) is 5.78 Å². The summed E-state index contributed by atoms with van der Waals surface area (Å²) in [6.45, 7) is 8.37. The van der Waals surface area contributed by atoms with E-state index in [2.05, 4.69) is 5.32 Å². The summed E-state index contributed by atoms with van der Waals surface area (Å²) < 4.78 is 5.97. The summed E-state index contributed by atoms with van der Waals surface area (Å²) in [6, 6.07) is 30.0. The number of carboxylic acid groups (broad SMARTS) is 1. The summed E-state index contributed by atoms with van der Waals surface area (Å²) in [5.74, 6) is -0.576. The van der Waals surface area contributed by atoms with Crippen LogP contribution in [0.1, 0.15) is 47.8 Å². The fourth-order valence-corrected chi connectivity index (χ4v) is 4.70.